The van der Waals surface area contributed by atoms with Crippen molar-refractivity contribution in [1.82, 2.24) is 4.98 Å². The summed E-state index contributed by atoms with van der Waals surface area (Å²) in [7, 11) is -6.77. The first-order valence-corrected chi connectivity index (χ1v) is 16.3. The van der Waals surface area contributed by atoms with E-state index in [9.17, 15) is 22.0 Å². The number of hydrogen-bond donors (Lipinski definition) is 0. The molecule has 0 aliphatic carbocycles. The van der Waals surface area contributed by atoms with E-state index < -0.39 is 24.4 Å². The Bertz CT molecular complexity index is 1980. The van der Waals surface area contributed by atoms with Gasteiger partial charge in [0.25, 0.3) is 0 Å². The Labute approximate surface area is 234 Å². The van der Waals surface area contributed by atoms with E-state index in [-0.39, 0.29) is 4.90 Å². The van der Waals surface area contributed by atoms with Crippen LogP contribution in [0.4, 0.5) is 0 Å². The first-order valence-electron chi connectivity index (χ1n) is 12.5. The van der Waals surface area contributed by atoms with Crippen LogP contribution in [0.5, 0.6) is 0 Å². The highest BCUT2D eigenvalue weighted by Gasteiger charge is 2.33. The zero-order valence-corrected chi connectivity index (χ0v) is 24.1. The van der Waals surface area contributed by atoms with Crippen LogP contribution in [0, 0.1) is 5.21 Å². The highest BCUT2D eigenvalue weighted by Crippen LogP contribution is 2.38. The standard InChI is InChI=1S/C31H28N2O5S2/c1-31(2,40(4,37)38)25-18-24-9-6-15-32-30(24)28(19-25)22-7-5-8-23(17-22)29-20-33(34)16-14-27(29)21-10-12-26(13-11-21)39(3,35)36/h5-20H,1-4H3. The number of aromatic nitrogens is 2. The highest BCUT2D eigenvalue weighted by molar-refractivity contribution is 7.91. The first-order chi connectivity index (χ1) is 18.8. The van der Waals surface area contributed by atoms with Gasteiger partial charge in [0.2, 0.25) is 0 Å². The third-order valence-corrected chi connectivity index (χ3v) is 10.6. The SMILES string of the molecule is CC(C)(c1cc(-c2cccc(-c3c[n+]([O-])ccc3-c3ccc(S(C)(=O)=O)cc3)c2)c2ncccc2c1)S(C)(=O)=O. The Kier molecular flexibility index (Phi) is 6.76. The molecule has 2 aromatic heterocycles. The van der Waals surface area contributed by atoms with Crippen molar-refractivity contribution in [2.45, 2.75) is 23.5 Å². The summed E-state index contributed by atoms with van der Waals surface area (Å²) in [6, 6.07) is 23.4. The molecule has 0 amide bonds. The average molecular weight is 573 g/mol. The molecule has 204 valence electrons. The fourth-order valence-corrected chi connectivity index (χ4v) is 5.85. The molecule has 0 N–H and O–H groups in total. The van der Waals surface area contributed by atoms with E-state index in [1.807, 2.05) is 48.5 Å². The Morgan fingerprint density at radius 2 is 1.43 bits per heavy atom. The number of hydrogen-bond acceptors (Lipinski definition) is 6. The second-order valence-electron chi connectivity index (χ2n) is 10.4. The fraction of sp³-hybridized carbons (Fsp3) is 0.161. The topological polar surface area (TPSA) is 108 Å². The molecule has 7 nitrogen and oxygen atoms in total. The van der Waals surface area contributed by atoms with Crippen LogP contribution in [-0.2, 0) is 24.4 Å². The van der Waals surface area contributed by atoms with Crippen molar-refractivity contribution in [2.75, 3.05) is 12.5 Å². The second-order valence-corrected chi connectivity index (χ2v) is 15.0. The molecule has 3 aromatic carbocycles. The fourth-order valence-electron chi connectivity index (χ4n) is 4.67. The van der Waals surface area contributed by atoms with Crippen LogP contribution in [0.2, 0.25) is 0 Å². The molecule has 0 spiro atoms. The minimum Gasteiger partial charge on any atom is -0.619 e. The summed E-state index contributed by atoms with van der Waals surface area (Å²) in [4.78, 5) is 4.81. The molecule has 5 aromatic rings. The molecule has 40 heavy (non-hydrogen) atoms. The molecular formula is C31H28N2O5S2. The molecule has 0 atom stereocenters. The summed E-state index contributed by atoms with van der Waals surface area (Å²) < 4.78 is 48.8. The van der Waals surface area contributed by atoms with Crippen molar-refractivity contribution in [3.8, 4) is 33.4 Å². The molecular weight excluding hydrogens is 544 g/mol. The first kappa shape index (κ1) is 27.5. The summed E-state index contributed by atoms with van der Waals surface area (Å²) in [6.07, 6.45) is 6.98. The van der Waals surface area contributed by atoms with Crippen molar-refractivity contribution in [3.63, 3.8) is 0 Å². The van der Waals surface area contributed by atoms with E-state index in [1.54, 1.807) is 50.4 Å². The van der Waals surface area contributed by atoms with Gasteiger partial charge in [-0.2, -0.15) is 4.73 Å². The quantitative estimate of drug-likeness (QED) is 0.195. The van der Waals surface area contributed by atoms with Gasteiger partial charge >= 0.3 is 0 Å². The zero-order chi connectivity index (χ0) is 28.9. The highest BCUT2D eigenvalue weighted by atomic mass is 32.2. The van der Waals surface area contributed by atoms with Gasteiger partial charge in [-0.25, -0.2) is 16.8 Å². The van der Waals surface area contributed by atoms with Crippen LogP contribution in [0.15, 0.2) is 102 Å². The van der Waals surface area contributed by atoms with E-state index in [4.69, 9.17) is 0 Å². The van der Waals surface area contributed by atoms with Gasteiger partial charge in [0.1, 0.15) is 0 Å². The van der Waals surface area contributed by atoms with Gasteiger partial charge in [-0.15, -0.1) is 0 Å². The van der Waals surface area contributed by atoms with Crippen molar-refractivity contribution >= 4 is 30.6 Å². The monoisotopic (exact) mass is 572 g/mol. The van der Waals surface area contributed by atoms with Crippen LogP contribution in [0.1, 0.15) is 19.4 Å². The van der Waals surface area contributed by atoms with Gasteiger partial charge in [-0.1, -0.05) is 36.4 Å². The van der Waals surface area contributed by atoms with Crippen molar-refractivity contribution < 1.29 is 21.6 Å². The third kappa shape index (κ3) is 5.10. The molecule has 0 aliphatic rings. The largest absolute Gasteiger partial charge is 0.619 e. The number of fused-ring (bicyclic) bond motifs is 1. The Hall–Kier alpha value is -4.08. The number of rotatable bonds is 6. The maximum Gasteiger partial charge on any atom is 0.188 e. The van der Waals surface area contributed by atoms with Gasteiger partial charge in [0.15, 0.2) is 32.1 Å². The van der Waals surface area contributed by atoms with Gasteiger partial charge in [0.05, 0.1) is 20.7 Å². The molecule has 5 rings (SSSR count). The summed E-state index contributed by atoms with van der Waals surface area (Å²) >= 11 is 0. The molecule has 0 bridgehead atoms. The van der Waals surface area contributed by atoms with Crippen LogP contribution < -0.4 is 4.73 Å². The number of sulfone groups is 2. The molecule has 0 aliphatic heterocycles. The third-order valence-electron chi connectivity index (χ3n) is 7.34. The summed E-state index contributed by atoms with van der Waals surface area (Å²) in [5, 5.41) is 13.2. The van der Waals surface area contributed by atoms with Crippen molar-refractivity contribution in [1.29, 1.82) is 0 Å². The lowest BCUT2D eigenvalue weighted by Gasteiger charge is -2.24. The summed E-state index contributed by atoms with van der Waals surface area (Å²) in [5.41, 5.74) is 5.93. The van der Waals surface area contributed by atoms with Gasteiger partial charge < -0.3 is 5.21 Å². The van der Waals surface area contributed by atoms with E-state index in [0.29, 0.717) is 11.1 Å². The summed E-state index contributed by atoms with van der Waals surface area (Å²) in [5.74, 6) is 0. The maximum atomic E-state index is 12.7. The minimum absolute atomic E-state index is 0.214. The predicted octanol–water partition coefficient (Wildman–Crippen LogP) is 5.55. The van der Waals surface area contributed by atoms with Crippen LogP contribution in [0.25, 0.3) is 44.3 Å². The Balaban J connectivity index is 1.70. The van der Waals surface area contributed by atoms with Crippen LogP contribution >= 0.6 is 0 Å². The van der Waals surface area contributed by atoms with Gasteiger partial charge in [-0.05, 0) is 72.5 Å². The number of nitrogens with zero attached hydrogens (tertiary/aromatic N) is 2. The smallest absolute Gasteiger partial charge is 0.188 e. The Morgan fingerprint density at radius 3 is 2.08 bits per heavy atom. The van der Waals surface area contributed by atoms with E-state index in [2.05, 4.69) is 4.98 Å². The number of pyridine rings is 2. The molecule has 2 heterocycles. The van der Waals surface area contributed by atoms with E-state index >= 15 is 0 Å². The molecule has 9 heteroatoms. The minimum atomic E-state index is -3.42. The van der Waals surface area contributed by atoms with E-state index in [1.165, 1.54) is 18.6 Å². The predicted molar refractivity (Wildman–Crippen MR) is 158 cm³/mol. The lowest BCUT2D eigenvalue weighted by molar-refractivity contribution is -0.604. The summed E-state index contributed by atoms with van der Waals surface area (Å²) in [6.45, 7) is 3.39. The van der Waals surface area contributed by atoms with Crippen molar-refractivity contribution in [3.05, 3.63) is 108 Å². The van der Waals surface area contributed by atoms with Crippen LogP contribution in [0.3, 0.4) is 0 Å². The molecule has 0 fully saturated rings. The number of benzene rings is 3. The van der Waals surface area contributed by atoms with E-state index in [0.717, 1.165) is 49.7 Å². The maximum absolute atomic E-state index is 12.7. The van der Waals surface area contributed by atoms with Crippen LogP contribution in [-0.4, -0.2) is 34.3 Å². The average Bonchev–Trinajstić information content (AvgIpc) is 2.91. The molecule has 0 unspecified atom stereocenters. The van der Waals surface area contributed by atoms with Gasteiger partial charge in [0, 0.05) is 41.3 Å². The van der Waals surface area contributed by atoms with Gasteiger partial charge in [-0.3, -0.25) is 4.98 Å². The zero-order valence-electron chi connectivity index (χ0n) is 22.5. The molecule has 0 saturated carbocycles. The lowest BCUT2D eigenvalue weighted by Crippen LogP contribution is -2.28. The molecule has 0 radical (unpaired) electrons. The second kappa shape index (κ2) is 9.83. The molecule has 0 saturated heterocycles. The van der Waals surface area contributed by atoms with Crippen molar-refractivity contribution in [2.24, 2.45) is 0 Å². The lowest BCUT2D eigenvalue weighted by atomic mass is 9.91. The normalized spacial score (nSPS) is 12.5. The Morgan fingerprint density at radius 1 is 0.750 bits per heavy atom.